The quantitative estimate of drug-likeness (QED) is 0.310. The molecule has 1 aliphatic carbocycles. The minimum atomic E-state index is -0.814. The van der Waals surface area contributed by atoms with Crippen LogP contribution in [0.3, 0.4) is 0 Å². The minimum absolute atomic E-state index is 0.00601. The number of carbonyl (C=O) groups is 1. The molecule has 0 aliphatic heterocycles. The summed E-state index contributed by atoms with van der Waals surface area (Å²) in [6.07, 6.45) is 4.61. The highest BCUT2D eigenvalue weighted by Gasteiger charge is 2.27. The number of ether oxygens (including phenoxy) is 2. The molecule has 0 saturated heterocycles. The Bertz CT molecular complexity index is 1160. The molecule has 0 bridgehead atoms. The van der Waals surface area contributed by atoms with Crippen LogP contribution >= 0.6 is 0 Å². The number of nitrogens with zero attached hydrogens (tertiary/aromatic N) is 2. The molecule has 1 saturated carbocycles. The SMILES string of the molecule is Cc1cccc(-c2nc(COC3CCCC(OCC(CN(C)CCc4ccccc4)C(=O)O)C3)c(C)o2)c1. The van der Waals surface area contributed by atoms with E-state index < -0.39 is 11.9 Å². The fourth-order valence-electron chi connectivity index (χ4n) is 4.95. The van der Waals surface area contributed by atoms with Crippen LogP contribution < -0.4 is 0 Å². The normalized spacial score (nSPS) is 18.5. The Morgan fingerprint density at radius 2 is 1.87 bits per heavy atom. The van der Waals surface area contributed by atoms with Gasteiger partial charge in [-0.1, -0.05) is 48.0 Å². The summed E-state index contributed by atoms with van der Waals surface area (Å²) in [7, 11) is 1.97. The highest BCUT2D eigenvalue weighted by atomic mass is 16.5. The van der Waals surface area contributed by atoms with Gasteiger partial charge in [0.2, 0.25) is 5.89 Å². The second kappa shape index (κ2) is 13.7. The van der Waals surface area contributed by atoms with E-state index in [0.29, 0.717) is 19.0 Å². The van der Waals surface area contributed by atoms with E-state index in [4.69, 9.17) is 13.9 Å². The molecule has 3 atom stereocenters. The van der Waals surface area contributed by atoms with Crippen molar-refractivity contribution in [2.75, 3.05) is 26.7 Å². The number of aryl methyl sites for hydroxylation is 2. The summed E-state index contributed by atoms with van der Waals surface area (Å²) >= 11 is 0. The average molecular weight is 521 g/mol. The van der Waals surface area contributed by atoms with Crippen molar-refractivity contribution in [2.45, 2.75) is 64.8 Å². The third-order valence-corrected chi connectivity index (χ3v) is 7.23. The lowest BCUT2D eigenvalue weighted by atomic mass is 9.94. The van der Waals surface area contributed by atoms with Gasteiger partial charge >= 0.3 is 5.97 Å². The van der Waals surface area contributed by atoms with E-state index in [-0.39, 0.29) is 18.8 Å². The summed E-state index contributed by atoms with van der Waals surface area (Å²) in [4.78, 5) is 18.7. The summed E-state index contributed by atoms with van der Waals surface area (Å²) in [5.74, 6) is 0.00915. The fraction of sp³-hybridized carbons (Fsp3) is 0.484. The fourth-order valence-corrected chi connectivity index (χ4v) is 4.95. The van der Waals surface area contributed by atoms with E-state index in [1.807, 2.05) is 57.3 Å². The number of aromatic nitrogens is 1. The standard InChI is InChI=1S/C31H40N2O5/c1-22-9-7-12-25(17-22)30-32-29(23(2)38-30)21-37-28-14-8-13-27(18-28)36-20-26(31(34)35)19-33(3)16-15-24-10-5-4-6-11-24/h4-7,9-12,17,26-28H,8,13-16,18-21H2,1-3H3,(H,34,35). The summed E-state index contributed by atoms with van der Waals surface area (Å²) in [6.45, 7) is 5.84. The molecule has 38 heavy (non-hydrogen) atoms. The van der Waals surface area contributed by atoms with E-state index >= 15 is 0 Å². The maximum Gasteiger partial charge on any atom is 0.310 e. The number of rotatable bonds is 13. The van der Waals surface area contributed by atoms with Crippen LogP contribution in [0, 0.1) is 19.8 Å². The lowest BCUT2D eigenvalue weighted by Gasteiger charge is -2.30. The van der Waals surface area contributed by atoms with Gasteiger partial charge in [-0.15, -0.1) is 0 Å². The first-order valence-corrected chi connectivity index (χ1v) is 13.6. The van der Waals surface area contributed by atoms with Gasteiger partial charge in [-0.05, 0) is 70.7 Å². The maximum absolute atomic E-state index is 11.9. The number of likely N-dealkylation sites (N-methyl/N-ethyl adjacent to an activating group) is 1. The van der Waals surface area contributed by atoms with Crippen LogP contribution in [0.2, 0.25) is 0 Å². The van der Waals surface area contributed by atoms with Gasteiger partial charge in [0.05, 0.1) is 31.3 Å². The van der Waals surface area contributed by atoms with Crippen molar-refractivity contribution < 1.29 is 23.8 Å². The molecule has 1 heterocycles. The van der Waals surface area contributed by atoms with Crippen molar-refractivity contribution in [3.8, 4) is 11.5 Å². The molecule has 204 valence electrons. The summed E-state index contributed by atoms with van der Waals surface area (Å²) in [5.41, 5.74) is 4.19. The lowest BCUT2D eigenvalue weighted by Crippen LogP contribution is -2.36. The molecular formula is C31H40N2O5. The molecule has 3 unspecified atom stereocenters. The average Bonchev–Trinajstić information content (AvgIpc) is 3.29. The van der Waals surface area contributed by atoms with Crippen LogP contribution in [0.4, 0.5) is 0 Å². The van der Waals surface area contributed by atoms with Crippen molar-refractivity contribution in [1.29, 1.82) is 0 Å². The van der Waals surface area contributed by atoms with Gasteiger partial charge < -0.3 is 23.9 Å². The first-order valence-electron chi connectivity index (χ1n) is 13.6. The van der Waals surface area contributed by atoms with Gasteiger partial charge in [-0.3, -0.25) is 4.79 Å². The number of aliphatic carboxylic acids is 1. The van der Waals surface area contributed by atoms with Crippen molar-refractivity contribution in [3.05, 3.63) is 77.2 Å². The highest BCUT2D eigenvalue weighted by molar-refractivity contribution is 5.70. The molecule has 1 aliphatic rings. The largest absolute Gasteiger partial charge is 0.481 e. The first-order chi connectivity index (χ1) is 18.4. The van der Waals surface area contributed by atoms with Gasteiger partial charge in [0.15, 0.2) is 0 Å². The van der Waals surface area contributed by atoms with Crippen LogP contribution in [0.5, 0.6) is 0 Å². The summed E-state index contributed by atoms with van der Waals surface area (Å²) in [6, 6.07) is 18.4. The Balaban J connectivity index is 1.23. The van der Waals surface area contributed by atoms with Gasteiger partial charge in [-0.25, -0.2) is 4.98 Å². The number of oxazole rings is 1. The summed E-state index contributed by atoms with van der Waals surface area (Å²) < 4.78 is 18.2. The second-order valence-electron chi connectivity index (χ2n) is 10.5. The monoisotopic (exact) mass is 520 g/mol. The molecule has 1 N–H and O–H groups in total. The van der Waals surface area contributed by atoms with Crippen LogP contribution in [-0.2, 0) is 27.3 Å². The molecular weight excluding hydrogens is 480 g/mol. The van der Waals surface area contributed by atoms with Crippen molar-refractivity contribution in [3.63, 3.8) is 0 Å². The van der Waals surface area contributed by atoms with Crippen LogP contribution in [0.1, 0.15) is 48.3 Å². The van der Waals surface area contributed by atoms with Crippen molar-refractivity contribution in [2.24, 2.45) is 5.92 Å². The van der Waals surface area contributed by atoms with Crippen molar-refractivity contribution >= 4 is 5.97 Å². The van der Waals surface area contributed by atoms with E-state index in [0.717, 1.165) is 61.2 Å². The molecule has 0 amide bonds. The Hall–Kier alpha value is -3.00. The molecule has 4 rings (SSSR count). The molecule has 1 aromatic heterocycles. The molecule has 3 aromatic rings. The predicted octanol–water partition coefficient (Wildman–Crippen LogP) is 5.68. The third kappa shape index (κ3) is 8.25. The molecule has 0 radical (unpaired) electrons. The highest BCUT2D eigenvalue weighted by Crippen LogP contribution is 2.27. The van der Waals surface area contributed by atoms with E-state index in [2.05, 4.69) is 28.1 Å². The Labute approximate surface area is 225 Å². The first kappa shape index (κ1) is 28.0. The third-order valence-electron chi connectivity index (χ3n) is 7.23. The van der Waals surface area contributed by atoms with E-state index in [1.165, 1.54) is 5.56 Å². The molecule has 7 nitrogen and oxygen atoms in total. The molecule has 1 fully saturated rings. The smallest absolute Gasteiger partial charge is 0.310 e. The van der Waals surface area contributed by atoms with Gasteiger partial charge in [0.25, 0.3) is 0 Å². The Morgan fingerprint density at radius 3 is 2.61 bits per heavy atom. The van der Waals surface area contributed by atoms with Crippen LogP contribution in [0.25, 0.3) is 11.5 Å². The zero-order chi connectivity index (χ0) is 26.9. The lowest BCUT2D eigenvalue weighted by molar-refractivity contribution is -0.146. The van der Waals surface area contributed by atoms with Crippen LogP contribution in [0.15, 0.2) is 59.0 Å². The number of hydrogen-bond acceptors (Lipinski definition) is 6. The number of carboxylic acid groups (broad SMARTS) is 1. The molecule has 7 heteroatoms. The minimum Gasteiger partial charge on any atom is -0.481 e. The second-order valence-corrected chi connectivity index (χ2v) is 10.5. The number of benzene rings is 2. The number of hydrogen-bond donors (Lipinski definition) is 1. The zero-order valence-corrected chi connectivity index (χ0v) is 22.8. The van der Waals surface area contributed by atoms with E-state index in [9.17, 15) is 9.90 Å². The summed E-state index contributed by atoms with van der Waals surface area (Å²) in [5, 5.41) is 9.78. The predicted molar refractivity (Wildman–Crippen MR) is 147 cm³/mol. The van der Waals surface area contributed by atoms with Crippen molar-refractivity contribution in [1.82, 2.24) is 9.88 Å². The topological polar surface area (TPSA) is 85.0 Å². The Kier molecular flexibility index (Phi) is 10.1. The van der Waals surface area contributed by atoms with Gasteiger partial charge in [-0.2, -0.15) is 0 Å². The van der Waals surface area contributed by atoms with E-state index in [1.54, 1.807) is 0 Å². The van der Waals surface area contributed by atoms with Gasteiger partial charge in [0, 0.05) is 18.7 Å². The number of carboxylic acids is 1. The Morgan fingerprint density at radius 1 is 1.11 bits per heavy atom. The van der Waals surface area contributed by atoms with Gasteiger partial charge in [0.1, 0.15) is 11.5 Å². The zero-order valence-electron chi connectivity index (χ0n) is 22.8. The maximum atomic E-state index is 11.9. The molecule has 2 aromatic carbocycles. The molecule has 0 spiro atoms. The van der Waals surface area contributed by atoms with Crippen LogP contribution in [-0.4, -0.2) is 59.9 Å².